The van der Waals surface area contributed by atoms with Crippen LogP contribution in [-0.2, 0) is 11.3 Å². The van der Waals surface area contributed by atoms with Crippen LogP contribution in [0, 0.1) is 0 Å². The summed E-state index contributed by atoms with van der Waals surface area (Å²) in [6.07, 6.45) is 0.0990. The minimum absolute atomic E-state index is 0.0990. The molecule has 22 heavy (non-hydrogen) atoms. The molecule has 0 saturated heterocycles. The van der Waals surface area contributed by atoms with Crippen molar-refractivity contribution in [1.29, 1.82) is 0 Å². The molecule has 0 spiro atoms. The van der Waals surface area contributed by atoms with Crippen LogP contribution in [0.5, 0.6) is 0 Å². The van der Waals surface area contributed by atoms with E-state index in [1.807, 2.05) is 36.4 Å². The number of rotatable bonds is 5. The number of nitrogens with zero attached hydrogens (tertiary/aromatic N) is 2. The molecule has 0 bridgehead atoms. The molecule has 0 aliphatic carbocycles. The molecule has 0 unspecified atom stereocenters. The highest BCUT2D eigenvalue weighted by molar-refractivity contribution is 5.83. The molecule has 2 aromatic carbocycles. The second kappa shape index (κ2) is 5.97. The largest absolute Gasteiger partial charge is 0.481 e. The van der Waals surface area contributed by atoms with Gasteiger partial charge >= 0.3 is 5.97 Å². The van der Waals surface area contributed by atoms with Crippen molar-refractivity contribution in [2.45, 2.75) is 19.9 Å². The van der Waals surface area contributed by atoms with Crippen molar-refractivity contribution in [3.63, 3.8) is 0 Å². The summed E-state index contributed by atoms with van der Waals surface area (Å²) in [5.74, 6) is -0.801. The van der Waals surface area contributed by atoms with Crippen molar-refractivity contribution in [2.24, 2.45) is 0 Å². The molecule has 112 valence electrons. The first-order chi connectivity index (χ1) is 10.7. The highest BCUT2D eigenvalue weighted by Gasteiger charge is 2.15. The third-order valence-electron chi connectivity index (χ3n) is 3.66. The highest BCUT2D eigenvalue weighted by atomic mass is 16.4. The third kappa shape index (κ3) is 2.70. The van der Waals surface area contributed by atoms with Crippen LogP contribution in [0.4, 0.5) is 5.69 Å². The van der Waals surface area contributed by atoms with E-state index in [1.54, 1.807) is 0 Å². The molecule has 2 N–H and O–H groups in total. The van der Waals surface area contributed by atoms with Crippen LogP contribution in [0.3, 0.4) is 0 Å². The van der Waals surface area contributed by atoms with Gasteiger partial charge in [-0.25, -0.2) is 4.98 Å². The first kappa shape index (κ1) is 14.3. The number of anilines is 1. The first-order valence-electron chi connectivity index (χ1n) is 7.37. The summed E-state index contributed by atoms with van der Waals surface area (Å²) in [7, 11) is 0. The summed E-state index contributed by atoms with van der Waals surface area (Å²) in [5, 5.41) is 11.9. The maximum Gasteiger partial charge on any atom is 0.305 e. The molecule has 0 radical (unpaired) electrons. The van der Waals surface area contributed by atoms with Crippen LogP contribution < -0.4 is 9.88 Å². The minimum Gasteiger partial charge on any atom is -0.481 e. The second-order valence-electron chi connectivity index (χ2n) is 5.12. The average Bonchev–Trinajstić information content (AvgIpc) is 2.52. The second-order valence-corrected chi connectivity index (χ2v) is 5.12. The number of nitrogens with one attached hydrogen (secondary N) is 1. The molecular formula is C17H18N3O2+. The SMILES string of the molecule is CC[n+]1c2ccccc2nc2ccc(NCCC(=O)O)cc21. The lowest BCUT2D eigenvalue weighted by molar-refractivity contribution is -0.641. The van der Waals surface area contributed by atoms with Crippen molar-refractivity contribution in [2.75, 3.05) is 11.9 Å². The van der Waals surface area contributed by atoms with Crippen LogP contribution >= 0.6 is 0 Å². The van der Waals surface area contributed by atoms with E-state index in [4.69, 9.17) is 10.1 Å². The van der Waals surface area contributed by atoms with E-state index in [0.717, 1.165) is 34.3 Å². The van der Waals surface area contributed by atoms with Crippen LogP contribution in [-0.4, -0.2) is 22.6 Å². The number of hydrogen-bond donors (Lipinski definition) is 2. The van der Waals surface area contributed by atoms with Crippen molar-refractivity contribution in [3.05, 3.63) is 42.5 Å². The maximum absolute atomic E-state index is 10.6. The van der Waals surface area contributed by atoms with Crippen LogP contribution in [0.1, 0.15) is 13.3 Å². The van der Waals surface area contributed by atoms with Gasteiger partial charge in [0.15, 0.2) is 0 Å². The maximum atomic E-state index is 10.6. The van der Waals surface area contributed by atoms with Crippen molar-refractivity contribution < 1.29 is 14.5 Å². The third-order valence-corrected chi connectivity index (χ3v) is 3.66. The van der Waals surface area contributed by atoms with Gasteiger partial charge in [0.25, 0.3) is 0 Å². The summed E-state index contributed by atoms with van der Waals surface area (Å²) in [6.45, 7) is 3.36. The van der Waals surface area contributed by atoms with Crippen molar-refractivity contribution in [3.8, 4) is 0 Å². The Morgan fingerprint density at radius 2 is 1.95 bits per heavy atom. The van der Waals surface area contributed by atoms with E-state index < -0.39 is 5.97 Å². The molecule has 0 amide bonds. The van der Waals surface area contributed by atoms with E-state index in [9.17, 15) is 4.79 Å². The molecule has 0 fully saturated rings. The van der Waals surface area contributed by atoms with Gasteiger partial charge in [-0.1, -0.05) is 12.1 Å². The van der Waals surface area contributed by atoms with Gasteiger partial charge in [-0.15, -0.1) is 0 Å². The van der Waals surface area contributed by atoms with Crippen molar-refractivity contribution in [1.82, 2.24) is 4.98 Å². The first-order valence-corrected chi connectivity index (χ1v) is 7.37. The summed E-state index contributed by atoms with van der Waals surface area (Å²) in [4.78, 5) is 15.3. The molecule has 0 aliphatic rings. The van der Waals surface area contributed by atoms with Crippen molar-refractivity contribution >= 4 is 33.7 Å². The Balaban J connectivity index is 2.06. The lowest BCUT2D eigenvalue weighted by atomic mass is 10.2. The fraction of sp³-hybridized carbons (Fsp3) is 0.235. The Labute approximate surface area is 128 Å². The van der Waals surface area contributed by atoms with Gasteiger partial charge in [0.05, 0.1) is 6.42 Å². The highest BCUT2D eigenvalue weighted by Crippen LogP contribution is 2.18. The number of carboxylic acids is 1. The lowest BCUT2D eigenvalue weighted by Gasteiger charge is -2.07. The number of fused-ring (bicyclic) bond motifs is 2. The van der Waals surface area contributed by atoms with E-state index in [-0.39, 0.29) is 6.42 Å². The Bertz CT molecular complexity index is 846. The number of para-hydroxylation sites is 2. The number of aromatic nitrogens is 2. The minimum atomic E-state index is -0.801. The molecular weight excluding hydrogens is 278 g/mol. The zero-order valence-electron chi connectivity index (χ0n) is 12.4. The topological polar surface area (TPSA) is 66.1 Å². The van der Waals surface area contributed by atoms with Gasteiger partial charge in [-0.3, -0.25) is 4.79 Å². The zero-order valence-corrected chi connectivity index (χ0v) is 12.4. The van der Waals surface area contributed by atoms with Gasteiger partial charge in [0, 0.05) is 24.4 Å². The van der Waals surface area contributed by atoms with Crippen LogP contribution in [0.2, 0.25) is 0 Å². The molecule has 0 aliphatic heterocycles. The predicted molar refractivity (Wildman–Crippen MR) is 85.9 cm³/mol. The Morgan fingerprint density at radius 1 is 1.18 bits per heavy atom. The molecule has 3 aromatic rings. The monoisotopic (exact) mass is 296 g/mol. The van der Waals surface area contributed by atoms with Crippen LogP contribution in [0.15, 0.2) is 42.5 Å². The Hall–Kier alpha value is -2.69. The quantitative estimate of drug-likeness (QED) is 0.561. The number of hydrogen-bond acceptors (Lipinski definition) is 3. The summed E-state index contributed by atoms with van der Waals surface area (Å²) >= 11 is 0. The normalized spacial score (nSPS) is 11.0. The fourth-order valence-corrected chi connectivity index (χ4v) is 2.65. The Morgan fingerprint density at radius 3 is 2.73 bits per heavy atom. The smallest absolute Gasteiger partial charge is 0.305 e. The predicted octanol–water partition coefficient (Wildman–Crippen LogP) is 2.58. The number of benzene rings is 2. The van der Waals surface area contributed by atoms with E-state index in [2.05, 4.69) is 22.9 Å². The summed E-state index contributed by atoms with van der Waals surface area (Å²) in [6, 6.07) is 14.0. The van der Waals surface area contributed by atoms with E-state index >= 15 is 0 Å². The van der Waals surface area contributed by atoms with Gasteiger partial charge in [-0.2, -0.15) is 4.57 Å². The fourth-order valence-electron chi connectivity index (χ4n) is 2.65. The van der Waals surface area contributed by atoms with Gasteiger partial charge in [0.1, 0.15) is 17.6 Å². The van der Waals surface area contributed by atoms with E-state index in [1.165, 1.54) is 0 Å². The molecule has 1 heterocycles. The molecule has 5 heteroatoms. The standard InChI is InChI=1S/C17H17N3O2/c1-2-20-15-6-4-3-5-13(15)19-14-8-7-12(11-16(14)20)18-10-9-17(21)22/h3-8,11H,2,9-10H2,1H3,(H,21,22)/p+1. The average molecular weight is 296 g/mol. The number of carbonyl (C=O) groups is 1. The summed E-state index contributed by atoms with van der Waals surface area (Å²) < 4.78 is 2.22. The number of carboxylic acid groups (broad SMARTS) is 1. The van der Waals surface area contributed by atoms with Crippen LogP contribution in [0.25, 0.3) is 22.1 Å². The van der Waals surface area contributed by atoms with Gasteiger partial charge in [-0.05, 0) is 25.1 Å². The lowest BCUT2D eigenvalue weighted by Crippen LogP contribution is -2.34. The summed E-state index contributed by atoms with van der Waals surface area (Å²) in [5.41, 5.74) is 4.96. The zero-order chi connectivity index (χ0) is 15.5. The molecule has 1 aromatic heterocycles. The molecule has 0 atom stereocenters. The van der Waals surface area contributed by atoms with Gasteiger partial charge in [0.2, 0.25) is 11.0 Å². The molecule has 3 rings (SSSR count). The van der Waals surface area contributed by atoms with Gasteiger partial charge < -0.3 is 10.4 Å². The number of aryl methyl sites for hydroxylation is 1. The number of aliphatic carboxylic acids is 1. The molecule has 5 nitrogen and oxygen atoms in total. The Kier molecular flexibility index (Phi) is 3.87. The molecule has 0 saturated carbocycles. The van der Waals surface area contributed by atoms with E-state index in [0.29, 0.717) is 6.54 Å².